The molecule has 190 valence electrons. The van der Waals surface area contributed by atoms with E-state index < -0.39 is 0 Å². The molecule has 0 aliphatic heterocycles. The summed E-state index contributed by atoms with van der Waals surface area (Å²) < 4.78 is 0. The van der Waals surface area contributed by atoms with E-state index in [4.69, 9.17) is 4.98 Å². The lowest BCUT2D eigenvalue weighted by molar-refractivity contribution is 0.404. The van der Waals surface area contributed by atoms with E-state index in [1.54, 1.807) is 0 Å². The third-order valence-corrected chi connectivity index (χ3v) is 8.69. The second-order valence-electron chi connectivity index (χ2n) is 12.3. The van der Waals surface area contributed by atoms with E-state index in [1.165, 1.54) is 60.7 Å². The van der Waals surface area contributed by atoms with Crippen molar-refractivity contribution in [1.29, 1.82) is 0 Å². The molecule has 0 radical (unpaired) electrons. The fourth-order valence-electron chi connectivity index (χ4n) is 7.33. The van der Waals surface area contributed by atoms with Crippen molar-refractivity contribution in [3.8, 4) is 33.4 Å². The van der Waals surface area contributed by atoms with Gasteiger partial charge in [0.05, 0.1) is 5.52 Å². The smallest absolute Gasteiger partial charge is 0.0783 e. The van der Waals surface area contributed by atoms with E-state index in [1.807, 2.05) is 0 Å². The zero-order valence-electron chi connectivity index (χ0n) is 23.1. The summed E-state index contributed by atoms with van der Waals surface area (Å²) in [5.74, 6) is 0. The molecule has 6 aromatic rings. The Balaban J connectivity index is 1.56. The molecule has 1 heteroatoms. The minimum Gasteiger partial charge on any atom is -0.255 e. The molecule has 0 atom stereocenters. The maximum absolute atomic E-state index is 5.14. The van der Waals surface area contributed by atoms with Crippen molar-refractivity contribution in [3.05, 3.63) is 127 Å². The van der Waals surface area contributed by atoms with Crippen molar-refractivity contribution in [3.63, 3.8) is 0 Å². The topological polar surface area (TPSA) is 12.9 Å². The summed E-state index contributed by atoms with van der Waals surface area (Å²) in [6.07, 6.45) is 3.30. The van der Waals surface area contributed by atoms with Crippen LogP contribution in [-0.2, 0) is 10.8 Å². The summed E-state index contributed by atoms with van der Waals surface area (Å²) in [6, 6.07) is 39.6. The van der Waals surface area contributed by atoms with E-state index in [9.17, 15) is 0 Å². The van der Waals surface area contributed by atoms with E-state index in [0.717, 1.165) is 11.9 Å². The van der Waals surface area contributed by atoms with Gasteiger partial charge in [-0.15, -0.1) is 0 Å². The first-order valence-electron chi connectivity index (χ1n) is 13.9. The van der Waals surface area contributed by atoms with Crippen LogP contribution >= 0.6 is 0 Å². The molecular weight excluding hydrogens is 470 g/mol. The number of hydrogen-bond donors (Lipinski definition) is 0. The summed E-state index contributed by atoms with van der Waals surface area (Å²) in [5.41, 5.74) is 11.7. The Bertz CT molecular complexity index is 1800. The molecule has 1 aliphatic rings. The van der Waals surface area contributed by atoms with Gasteiger partial charge in [0.15, 0.2) is 0 Å². The number of hydrogen-bond acceptors (Lipinski definition) is 1. The average molecular weight is 504 g/mol. The van der Waals surface area contributed by atoms with E-state index >= 15 is 0 Å². The normalized spacial score (nSPS) is 15.5. The highest BCUT2D eigenvalue weighted by atomic mass is 14.7. The quantitative estimate of drug-likeness (QED) is 0.219. The number of rotatable bonds is 3. The van der Waals surface area contributed by atoms with Crippen LogP contribution in [0.25, 0.3) is 55.1 Å². The Labute approximate surface area is 231 Å². The lowest BCUT2D eigenvalue weighted by Gasteiger charge is -2.23. The van der Waals surface area contributed by atoms with Crippen LogP contribution in [0.15, 0.2) is 115 Å². The highest BCUT2D eigenvalue weighted by molar-refractivity contribution is 6.14. The van der Waals surface area contributed by atoms with Crippen LogP contribution in [0.1, 0.15) is 45.2 Å². The van der Waals surface area contributed by atoms with Crippen LogP contribution in [0, 0.1) is 0 Å². The van der Waals surface area contributed by atoms with Gasteiger partial charge < -0.3 is 0 Å². The number of fused-ring (bicyclic) bond motifs is 5. The first-order valence-corrected chi connectivity index (χ1v) is 13.9. The second-order valence-corrected chi connectivity index (χ2v) is 12.3. The molecule has 0 bridgehead atoms. The molecular formula is C38H33N. The van der Waals surface area contributed by atoms with Crippen LogP contribution in [0.2, 0.25) is 0 Å². The van der Waals surface area contributed by atoms with Gasteiger partial charge in [-0.25, -0.2) is 0 Å². The van der Waals surface area contributed by atoms with E-state index in [-0.39, 0.29) is 10.8 Å². The predicted octanol–water partition coefficient (Wildman–Crippen LogP) is 10.3. The lowest BCUT2D eigenvalue weighted by atomic mass is 9.81. The Morgan fingerprint density at radius 1 is 0.513 bits per heavy atom. The first kappa shape index (κ1) is 23.9. The number of nitrogens with zero attached hydrogens (tertiary/aromatic N) is 1. The van der Waals surface area contributed by atoms with Crippen molar-refractivity contribution >= 4 is 21.7 Å². The number of aromatic nitrogens is 1. The van der Waals surface area contributed by atoms with Crippen LogP contribution in [0.4, 0.5) is 0 Å². The van der Waals surface area contributed by atoms with Gasteiger partial charge >= 0.3 is 0 Å². The van der Waals surface area contributed by atoms with Gasteiger partial charge in [-0.1, -0.05) is 137 Å². The molecule has 5 aromatic carbocycles. The second kappa shape index (κ2) is 8.64. The van der Waals surface area contributed by atoms with Crippen molar-refractivity contribution in [1.82, 2.24) is 4.98 Å². The minimum atomic E-state index is 0.117. The standard InChI is InChI=1S/C38H33N/c1-37(2)24-38(3,4)35-32-22-21-29-30(19-12-20-31(29)36(32)39-23-33(35)37)34-27(25-13-7-5-8-14-25)17-11-18-28(34)26-15-9-6-10-16-26/h5-23H,24H2,1-4H3. The Hall–Kier alpha value is -4.23. The van der Waals surface area contributed by atoms with Gasteiger partial charge in [0, 0.05) is 17.0 Å². The summed E-state index contributed by atoms with van der Waals surface area (Å²) in [6.45, 7) is 9.50. The van der Waals surface area contributed by atoms with Crippen molar-refractivity contribution in [2.45, 2.75) is 44.9 Å². The van der Waals surface area contributed by atoms with Crippen molar-refractivity contribution in [2.24, 2.45) is 0 Å². The highest BCUT2D eigenvalue weighted by Gasteiger charge is 2.43. The molecule has 1 aromatic heterocycles. The number of pyridine rings is 1. The van der Waals surface area contributed by atoms with Crippen molar-refractivity contribution < 1.29 is 0 Å². The lowest BCUT2D eigenvalue weighted by Crippen LogP contribution is -2.18. The zero-order valence-corrected chi connectivity index (χ0v) is 23.1. The summed E-state index contributed by atoms with van der Waals surface area (Å²) >= 11 is 0. The van der Waals surface area contributed by atoms with Crippen LogP contribution in [0.5, 0.6) is 0 Å². The van der Waals surface area contributed by atoms with Gasteiger partial charge in [-0.3, -0.25) is 4.98 Å². The maximum Gasteiger partial charge on any atom is 0.0783 e. The molecule has 0 saturated carbocycles. The molecule has 7 rings (SSSR count). The summed E-state index contributed by atoms with van der Waals surface area (Å²) in [7, 11) is 0. The molecule has 0 N–H and O–H groups in total. The highest BCUT2D eigenvalue weighted by Crippen LogP contribution is 2.52. The van der Waals surface area contributed by atoms with Gasteiger partial charge in [0.25, 0.3) is 0 Å². The zero-order chi connectivity index (χ0) is 26.8. The first-order chi connectivity index (χ1) is 18.9. The SMILES string of the molecule is CC1(C)CC(C)(C)c2c1cnc1c2ccc2c(-c3c(-c4ccccc4)cccc3-c3ccccc3)cccc21. The van der Waals surface area contributed by atoms with Crippen LogP contribution in [0.3, 0.4) is 0 Å². The molecule has 1 heterocycles. The largest absolute Gasteiger partial charge is 0.255 e. The Morgan fingerprint density at radius 2 is 1.08 bits per heavy atom. The fourth-order valence-corrected chi connectivity index (χ4v) is 7.33. The van der Waals surface area contributed by atoms with E-state index in [2.05, 4.69) is 143 Å². The minimum absolute atomic E-state index is 0.117. The Kier molecular flexibility index (Phi) is 5.29. The van der Waals surface area contributed by atoms with Crippen LogP contribution in [-0.4, -0.2) is 4.98 Å². The average Bonchev–Trinajstić information content (AvgIpc) is 3.16. The molecule has 0 spiro atoms. The molecule has 39 heavy (non-hydrogen) atoms. The summed E-state index contributed by atoms with van der Waals surface area (Å²) in [5, 5.41) is 3.76. The summed E-state index contributed by atoms with van der Waals surface area (Å²) in [4.78, 5) is 5.14. The molecule has 0 unspecified atom stereocenters. The fraction of sp³-hybridized carbons (Fsp3) is 0.184. The third-order valence-electron chi connectivity index (χ3n) is 8.69. The van der Waals surface area contributed by atoms with Gasteiger partial charge in [-0.05, 0) is 67.1 Å². The maximum atomic E-state index is 5.14. The van der Waals surface area contributed by atoms with Crippen molar-refractivity contribution in [2.75, 3.05) is 0 Å². The predicted molar refractivity (Wildman–Crippen MR) is 166 cm³/mol. The van der Waals surface area contributed by atoms with Crippen LogP contribution < -0.4 is 0 Å². The van der Waals surface area contributed by atoms with Gasteiger partial charge in [-0.2, -0.15) is 0 Å². The monoisotopic (exact) mass is 503 g/mol. The molecule has 0 amide bonds. The van der Waals surface area contributed by atoms with E-state index in [0.29, 0.717) is 0 Å². The van der Waals surface area contributed by atoms with Gasteiger partial charge in [0.1, 0.15) is 0 Å². The molecule has 0 fully saturated rings. The van der Waals surface area contributed by atoms with Gasteiger partial charge in [0.2, 0.25) is 0 Å². The Morgan fingerprint density at radius 3 is 1.72 bits per heavy atom. The third kappa shape index (κ3) is 3.72. The molecule has 1 nitrogen and oxygen atoms in total. The number of benzene rings is 5. The molecule has 0 saturated heterocycles. The molecule has 1 aliphatic carbocycles.